The van der Waals surface area contributed by atoms with E-state index in [4.69, 9.17) is 20.4 Å². The van der Waals surface area contributed by atoms with Gasteiger partial charge in [0.2, 0.25) is 0 Å². The summed E-state index contributed by atoms with van der Waals surface area (Å²) in [7, 11) is 0. The molecule has 0 aromatic heterocycles. The van der Waals surface area contributed by atoms with E-state index in [1.807, 2.05) is 30.3 Å². The molecule has 1 aliphatic carbocycles. The maximum atomic E-state index is 12.1. The van der Waals surface area contributed by atoms with Crippen LogP contribution in [0.15, 0.2) is 54.7 Å². The van der Waals surface area contributed by atoms with Crippen LogP contribution in [0.25, 0.3) is 6.08 Å². The Morgan fingerprint density at radius 2 is 1.78 bits per heavy atom. The first-order valence-corrected chi connectivity index (χ1v) is 11.0. The second-order valence-electron chi connectivity index (χ2n) is 8.00. The summed E-state index contributed by atoms with van der Waals surface area (Å²) in [6.07, 6.45) is 7.99. The third-order valence-electron chi connectivity index (χ3n) is 5.70. The van der Waals surface area contributed by atoms with E-state index in [2.05, 4.69) is 5.48 Å². The number of carbonyl (C=O) groups is 2. The first-order valence-electron chi connectivity index (χ1n) is 11.0. The normalized spacial score (nSPS) is 18.8. The highest BCUT2D eigenvalue weighted by atomic mass is 16.6. The third-order valence-corrected chi connectivity index (χ3v) is 5.70. The van der Waals surface area contributed by atoms with E-state index in [9.17, 15) is 9.59 Å². The Kier molecular flexibility index (Phi) is 8.69. The zero-order valence-corrected chi connectivity index (χ0v) is 18.0. The fraction of sp³-hybridized carbons (Fsp3) is 0.360. The van der Waals surface area contributed by atoms with E-state index in [1.165, 1.54) is 0 Å². The van der Waals surface area contributed by atoms with Crippen LogP contribution in [0.5, 0.6) is 11.5 Å². The molecule has 0 saturated heterocycles. The number of hydrogen-bond acceptors (Lipinski definition) is 6. The number of benzene rings is 2. The van der Waals surface area contributed by atoms with Crippen LogP contribution in [0.1, 0.15) is 43.2 Å². The Labute approximate surface area is 188 Å². The van der Waals surface area contributed by atoms with E-state index in [1.54, 1.807) is 30.5 Å². The number of carbonyl (C=O) groups excluding carboxylic acids is 1. The number of nitrogens with one attached hydrogen (secondary N) is 1. The molecule has 0 radical (unpaired) electrons. The van der Waals surface area contributed by atoms with Gasteiger partial charge in [-0.05, 0) is 74.4 Å². The van der Waals surface area contributed by atoms with Crippen LogP contribution in [0.4, 0.5) is 0 Å². The lowest BCUT2D eigenvalue weighted by atomic mass is 9.82. The van der Waals surface area contributed by atoms with Crippen LogP contribution < -0.4 is 20.8 Å². The molecule has 2 aliphatic rings. The monoisotopic (exact) mass is 438 g/mol. The number of carboxylic acid groups (broad SMARTS) is 1. The van der Waals surface area contributed by atoms with Gasteiger partial charge in [-0.3, -0.25) is 9.59 Å². The summed E-state index contributed by atoms with van der Waals surface area (Å²) in [6, 6.07) is 14.9. The molecule has 4 rings (SSSR count). The number of carboxylic acids is 1. The fourth-order valence-corrected chi connectivity index (χ4v) is 3.74. The lowest BCUT2D eigenvalue weighted by Gasteiger charge is -2.26. The molecule has 0 atom stereocenters. The average molecular weight is 439 g/mol. The van der Waals surface area contributed by atoms with Crippen molar-refractivity contribution in [1.29, 1.82) is 0 Å². The van der Waals surface area contributed by atoms with Gasteiger partial charge in [0, 0.05) is 18.2 Å². The standard InChI is InChI=1S/C17H23NO4.C8H7NO/c18-11-13-1-6-14(7-2-13)17(21)22-15-8-3-12(4-9-15)5-10-16(19)20;1-2-4-8-7(3-1)5-6-9-10-8/h3-4,8-9,13-14H,1-2,5-7,10-11,18H2,(H,19,20);1-6,9H. The molecule has 2 aromatic rings. The van der Waals surface area contributed by atoms with Crippen molar-refractivity contribution in [3.63, 3.8) is 0 Å². The largest absolute Gasteiger partial charge is 0.481 e. The summed E-state index contributed by atoms with van der Waals surface area (Å²) >= 11 is 0. The molecule has 1 aliphatic heterocycles. The van der Waals surface area contributed by atoms with Crippen molar-refractivity contribution in [2.75, 3.05) is 6.54 Å². The van der Waals surface area contributed by atoms with Crippen LogP contribution in [0, 0.1) is 11.8 Å². The van der Waals surface area contributed by atoms with Crippen molar-refractivity contribution in [3.05, 3.63) is 65.9 Å². The molecule has 7 heteroatoms. The summed E-state index contributed by atoms with van der Waals surface area (Å²) < 4.78 is 5.42. The molecule has 2 aromatic carbocycles. The van der Waals surface area contributed by atoms with E-state index in [0.717, 1.165) is 42.6 Å². The Bertz CT molecular complexity index is 918. The molecule has 7 nitrogen and oxygen atoms in total. The van der Waals surface area contributed by atoms with E-state index >= 15 is 0 Å². The number of ether oxygens (including phenoxy) is 1. The summed E-state index contributed by atoms with van der Waals surface area (Å²) in [5, 5.41) is 8.65. The van der Waals surface area contributed by atoms with Crippen molar-refractivity contribution in [1.82, 2.24) is 5.48 Å². The van der Waals surface area contributed by atoms with Crippen molar-refractivity contribution in [3.8, 4) is 11.5 Å². The van der Waals surface area contributed by atoms with Crippen LogP contribution in [-0.4, -0.2) is 23.6 Å². The Hall–Kier alpha value is -3.32. The molecule has 4 N–H and O–H groups in total. The van der Waals surface area contributed by atoms with Gasteiger partial charge in [-0.15, -0.1) is 0 Å². The molecule has 32 heavy (non-hydrogen) atoms. The number of hydrogen-bond donors (Lipinski definition) is 3. The number of esters is 1. The SMILES string of the molecule is C1=Cc2ccccc2ON1.NCC1CCC(C(=O)Oc2ccc(CCC(=O)O)cc2)CC1. The van der Waals surface area contributed by atoms with Gasteiger partial charge in [-0.1, -0.05) is 30.3 Å². The maximum Gasteiger partial charge on any atom is 0.314 e. The number of fused-ring (bicyclic) bond motifs is 1. The number of hydroxylamine groups is 1. The van der Waals surface area contributed by atoms with Crippen molar-refractivity contribution in [2.24, 2.45) is 17.6 Å². The molecule has 0 unspecified atom stereocenters. The van der Waals surface area contributed by atoms with Gasteiger partial charge >= 0.3 is 11.9 Å². The Morgan fingerprint density at radius 1 is 1.06 bits per heavy atom. The van der Waals surface area contributed by atoms with Gasteiger partial charge in [0.25, 0.3) is 0 Å². The first kappa shape index (κ1) is 23.3. The van der Waals surface area contributed by atoms with Gasteiger partial charge in [-0.25, -0.2) is 5.48 Å². The van der Waals surface area contributed by atoms with Crippen molar-refractivity contribution in [2.45, 2.75) is 38.5 Å². The van der Waals surface area contributed by atoms with Crippen LogP contribution >= 0.6 is 0 Å². The predicted octanol–water partition coefficient (Wildman–Crippen LogP) is 3.93. The zero-order valence-electron chi connectivity index (χ0n) is 18.0. The lowest BCUT2D eigenvalue weighted by molar-refractivity contribution is -0.140. The van der Waals surface area contributed by atoms with E-state index in [0.29, 0.717) is 24.6 Å². The van der Waals surface area contributed by atoms with Gasteiger partial charge < -0.3 is 20.4 Å². The van der Waals surface area contributed by atoms with Crippen LogP contribution in [0.3, 0.4) is 0 Å². The lowest BCUT2D eigenvalue weighted by Crippen LogP contribution is -2.28. The van der Waals surface area contributed by atoms with Crippen LogP contribution in [-0.2, 0) is 16.0 Å². The Balaban J connectivity index is 0.000000238. The molecule has 0 spiro atoms. The average Bonchev–Trinajstić information content (AvgIpc) is 2.84. The minimum Gasteiger partial charge on any atom is -0.481 e. The second-order valence-corrected chi connectivity index (χ2v) is 8.00. The van der Waals surface area contributed by atoms with Gasteiger partial charge in [0.1, 0.15) is 5.75 Å². The van der Waals surface area contributed by atoms with E-state index in [-0.39, 0.29) is 18.3 Å². The highest BCUT2D eigenvalue weighted by molar-refractivity contribution is 5.75. The topological polar surface area (TPSA) is 111 Å². The molecular formula is C25H30N2O5. The van der Waals surface area contributed by atoms with Crippen molar-refractivity contribution >= 4 is 18.0 Å². The van der Waals surface area contributed by atoms with Gasteiger partial charge in [-0.2, -0.15) is 0 Å². The molecule has 0 bridgehead atoms. The highest BCUT2D eigenvalue weighted by Crippen LogP contribution is 2.29. The smallest absolute Gasteiger partial charge is 0.314 e. The molecular weight excluding hydrogens is 408 g/mol. The minimum absolute atomic E-state index is 0.0329. The number of para-hydroxylation sites is 1. The summed E-state index contributed by atoms with van der Waals surface area (Å²) in [5.41, 5.74) is 10.3. The first-order chi connectivity index (χ1) is 15.5. The summed E-state index contributed by atoms with van der Waals surface area (Å²) in [5.74, 6) is 0.916. The maximum absolute atomic E-state index is 12.1. The molecule has 1 saturated carbocycles. The van der Waals surface area contributed by atoms with Gasteiger partial charge in [0.05, 0.1) is 5.92 Å². The molecule has 1 heterocycles. The minimum atomic E-state index is -0.816. The molecule has 170 valence electrons. The molecule has 1 fully saturated rings. The van der Waals surface area contributed by atoms with Gasteiger partial charge in [0.15, 0.2) is 5.75 Å². The predicted molar refractivity (Wildman–Crippen MR) is 122 cm³/mol. The summed E-state index contributed by atoms with van der Waals surface area (Å²) in [6.45, 7) is 0.694. The van der Waals surface area contributed by atoms with Crippen LogP contribution in [0.2, 0.25) is 0 Å². The number of aryl methyl sites for hydroxylation is 1. The van der Waals surface area contributed by atoms with Crippen molar-refractivity contribution < 1.29 is 24.3 Å². The summed E-state index contributed by atoms with van der Waals surface area (Å²) in [4.78, 5) is 27.7. The fourth-order valence-electron chi connectivity index (χ4n) is 3.74. The number of rotatable bonds is 6. The quantitative estimate of drug-likeness (QED) is 0.463. The Morgan fingerprint density at radius 3 is 2.44 bits per heavy atom. The van der Waals surface area contributed by atoms with E-state index < -0.39 is 5.97 Å². The third kappa shape index (κ3) is 7.13. The second kappa shape index (κ2) is 11.9. The highest BCUT2D eigenvalue weighted by Gasteiger charge is 2.27. The number of nitrogens with two attached hydrogens (primary N) is 1. The number of aliphatic carboxylic acids is 1. The molecule has 0 amide bonds. The zero-order chi connectivity index (χ0) is 22.8.